The Morgan fingerprint density at radius 3 is 1.00 bits per heavy atom. The van der Waals surface area contributed by atoms with Crippen molar-refractivity contribution in [2.45, 2.75) is 0 Å². The van der Waals surface area contributed by atoms with Gasteiger partial charge in [0.2, 0.25) is 0 Å². The summed E-state index contributed by atoms with van der Waals surface area (Å²) in [5, 5.41) is 5.08. The monoisotopic (exact) mass is 662 g/mol. The topological polar surface area (TPSA) is 9.86 Å². The molecule has 2 heteroatoms. The van der Waals surface area contributed by atoms with Gasteiger partial charge in [0, 0.05) is 32.9 Å². The van der Waals surface area contributed by atoms with E-state index in [2.05, 4.69) is 215 Å². The second-order valence-electron chi connectivity index (χ2n) is 13.3. The molecule has 0 unspecified atom stereocenters. The predicted molar refractivity (Wildman–Crippen MR) is 221 cm³/mol. The Bertz CT molecular complexity index is 2660. The largest absolute Gasteiger partial charge is 0.309 e. The molecule has 2 aromatic heterocycles. The number of aromatic nitrogens is 2. The summed E-state index contributed by atoms with van der Waals surface area (Å²) < 4.78 is 4.77. The van der Waals surface area contributed by atoms with Crippen LogP contribution in [0.2, 0.25) is 0 Å². The fourth-order valence-electron chi connectivity index (χ4n) is 8.02. The minimum Gasteiger partial charge on any atom is -0.309 e. The van der Waals surface area contributed by atoms with Crippen LogP contribution in [0.4, 0.5) is 0 Å². The highest BCUT2D eigenvalue weighted by Crippen LogP contribution is 2.36. The quantitative estimate of drug-likeness (QED) is 0.157. The van der Waals surface area contributed by atoms with Gasteiger partial charge in [-0.1, -0.05) is 158 Å². The smallest absolute Gasteiger partial charge is 0.0541 e. The van der Waals surface area contributed by atoms with Gasteiger partial charge in [0.15, 0.2) is 0 Å². The fraction of sp³-hybridized carbons (Fsp3) is 0. The molecule has 0 saturated heterocycles. The predicted octanol–water partition coefficient (Wildman–Crippen LogP) is 13.4. The van der Waals surface area contributed by atoms with Gasteiger partial charge in [0.25, 0.3) is 0 Å². The Morgan fingerprint density at radius 1 is 0.288 bits per heavy atom. The first kappa shape index (κ1) is 30.0. The highest BCUT2D eigenvalue weighted by atomic mass is 15.0. The highest BCUT2D eigenvalue weighted by Gasteiger charge is 2.14. The summed E-state index contributed by atoms with van der Waals surface area (Å²) in [6.07, 6.45) is 4.52. The molecule has 0 N–H and O–H groups in total. The van der Waals surface area contributed by atoms with E-state index in [1.165, 1.54) is 77.0 Å². The maximum atomic E-state index is 2.39. The van der Waals surface area contributed by atoms with Crippen molar-refractivity contribution < 1.29 is 0 Å². The van der Waals surface area contributed by atoms with Gasteiger partial charge in [-0.3, -0.25) is 0 Å². The molecular formula is C50H34N2. The summed E-state index contributed by atoms with van der Waals surface area (Å²) in [5.74, 6) is 0. The molecule has 10 aromatic rings. The van der Waals surface area contributed by atoms with Crippen LogP contribution < -0.4 is 0 Å². The van der Waals surface area contributed by atoms with E-state index in [0.29, 0.717) is 0 Å². The molecule has 0 aliphatic heterocycles. The van der Waals surface area contributed by atoms with Gasteiger partial charge < -0.3 is 9.13 Å². The first-order valence-electron chi connectivity index (χ1n) is 17.9. The summed E-state index contributed by atoms with van der Waals surface area (Å²) >= 11 is 0. The average Bonchev–Trinajstić information content (AvgIpc) is 3.74. The molecule has 0 aliphatic carbocycles. The van der Waals surface area contributed by atoms with Gasteiger partial charge in [-0.25, -0.2) is 0 Å². The Kier molecular flexibility index (Phi) is 7.18. The summed E-state index contributed by atoms with van der Waals surface area (Å²) in [7, 11) is 0. The minimum atomic E-state index is 1.15. The van der Waals surface area contributed by atoms with E-state index in [9.17, 15) is 0 Å². The lowest BCUT2D eigenvalue weighted by molar-refractivity contribution is 1.18. The molecule has 8 aromatic carbocycles. The van der Waals surface area contributed by atoms with Crippen LogP contribution in [0, 0.1) is 0 Å². The van der Waals surface area contributed by atoms with E-state index in [1.54, 1.807) is 0 Å². The number of nitrogens with zero attached hydrogens (tertiary/aromatic N) is 2. The SMILES string of the molecule is C(=Cc1ccccc1-c1cccc(-n2c3ccccc3c3ccccc32)c1)c1ccccc1-c1cccc(-n2c3ccccc3c3ccccc32)c1. The van der Waals surface area contributed by atoms with Crippen LogP contribution in [-0.4, -0.2) is 9.13 Å². The number of fused-ring (bicyclic) bond motifs is 6. The summed E-state index contributed by atoms with van der Waals surface area (Å²) in [6.45, 7) is 0. The van der Waals surface area contributed by atoms with E-state index in [1.807, 2.05) is 0 Å². The molecule has 10 rings (SSSR count). The van der Waals surface area contributed by atoms with Gasteiger partial charge in [-0.15, -0.1) is 0 Å². The van der Waals surface area contributed by atoms with Crippen LogP contribution in [-0.2, 0) is 0 Å². The third kappa shape index (κ3) is 4.96. The Balaban J connectivity index is 1.04. The fourth-order valence-corrected chi connectivity index (χ4v) is 8.02. The van der Waals surface area contributed by atoms with Crippen molar-refractivity contribution >= 4 is 55.8 Å². The number of benzene rings is 8. The van der Waals surface area contributed by atoms with E-state index in [-0.39, 0.29) is 0 Å². The van der Waals surface area contributed by atoms with Crippen molar-refractivity contribution in [3.05, 3.63) is 205 Å². The molecule has 0 radical (unpaired) electrons. The first-order valence-corrected chi connectivity index (χ1v) is 17.9. The van der Waals surface area contributed by atoms with E-state index < -0.39 is 0 Å². The molecule has 52 heavy (non-hydrogen) atoms. The number of hydrogen-bond donors (Lipinski definition) is 0. The summed E-state index contributed by atoms with van der Waals surface area (Å²) in [4.78, 5) is 0. The zero-order chi connectivity index (χ0) is 34.4. The highest BCUT2D eigenvalue weighted by molar-refractivity contribution is 6.10. The van der Waals surface area contributed by atoms with E-state index in [4.69, 9.17) is 0 Å². The Hall–Kier alpha value is -6.90. The van der Waals surface area contributed by atoms with Crippen molar-refractivity contribution in [1.82, 2.24) is 9.13 Å². The van der Waals surface area contributed by atoms with Gasteiger partial charge in [0.1, 0.15) is 0 Å². The van der Waals surface area contributed by atoms with Crippen molar-refractivity contribution in [1.29, 1.82) is 0 Å². The second-order valence-corrected chi connectivity index (χ2v) is 13.3. The molecular weight excluding hydrogens is 629 g/mol. The van der Waals surface area contributed by atoms with Crippen molar-refractivity contribution in [3.63, 3.8) is 0 Å². The maximum absolute atomic E-state index is 2.39. The van der Waals surface area contributed by atoms with Crippen LogP contribution in [0.25, 0.3) is 89.4 Å². The maximum Gasteiger partial charge on any atom is 0.0541 e. The van der Waals surface area contributed by atoms with Crippen molar-refractivity contribution in [3.8, 4) is 33.6 Å². The number of hydrogen-bond acceptors (Lipinski definition) is 0. The van der Waals surface area contributed by atoms with E-state index >= 15 is 0 Å². The molecule has 2 nitrogen and oxygen atoms in total. The zero-order valence-electron chi connectivity index (χ0n) is 28.5. The number of rotatable bonds is 6. The lowest BCUT2D eigenvalue weighted by Gasteiger charge is -2.13. The Labute approximate surface area is 302 Å². The standard InChI is InChI=1S/C50H34N2/c1-3-21-41(37-17-13-19-39(33-37)51-47-27-9-5-23-43(47)44-24-6-10-28-48(44)51)35(15-1)31-32-36-16-2-4-22-42(36)38-18-14-20-40(34-38)52-49-29-11-7-25-45(49)46-26-8-12-30-50(46)52/h1-34H. The lowest BCUT2D eigenvalue weighted by atomic mass is 9.96. The van der Waals surface area contributed by atoms with Gasteiger partial charge in [0.05, 0.1) is 22.1 Å². The van der Waals surface area contributed by atoms with Gasteiger partial charge in [-0.05, 0) is 81.9 Å². The molecule has 0 spiro atoms. The molecule has 0 amide bonds. The third-order valence-electron chi connectivity index (χ3n) is 10.4. The van der Waals surface area contributed by atoms with Crippen LogP contribution in [0.3, 0.4) is 0 Å². The number of para-hydroxylation sites is 4. The average molecular weight is 663 g/mol. The van der Waals surface area contributed by atoms with Crippen LogP contribution in [0.1, 0.15) is 11.1 Å². The zero-order valence-corrected chi connectivity index (χ0v) is 28.5. The van der Waals surface area contributed by atoms with Gasteiger partial charge in [-0.2, -0.15) is 0 Å². The first-order chi connectivity index (χ1) is 25.8. The van der Waals surface area contributed by atoms with Crippen molar-refractivity contribution in [2.24, 2.45) is 0 Å². The molecule has 2 heterocycles. The molecule has 0 saturated carbocycles. The normalized spacial score (nSPS) is 11.8. The Morgan fingerprint density at radius 2 is 0.615 bits per heavy atom. The van der Waals surface area contributed by atoms with Gasteiger partial charge >= 0.3 is 0 Å². The van der Waals surface area contributed by atoms with Crippen molar-refractivity contribution in [2.75, 3.05) is 0 Å². The van der Waals surface area contributed by atoms with Crippen LogP contribution in [0.5, 0.6) is 0 Å². The second kappa shape index (κ2) is 12.5. The molecule has 0 bridgehead atoms. The molecule has 244 valence electrons. The minimum absolute atomic E-state index is 1.15. The molecule has 0 fully saturated rings. The molecule has 0 aliphatic rings. The molecule has 0 atom stereocenters. The van der Waals surface area contributed by atoms with Crippen LogP contribution in [0.15, 0.2) is 194 Å². The van der Waals surface area contributed by atoms with Crippen LogP contribution >= 0.6 is 0 Å². The summed E-state index contributed by atoms with van der Waals surface area (Å²) in [6, 6.07) is 70.0. The third-order valence-corrected chi connectivity index (χ3v) is 10.4. The summed E-state index contributed by atoms with van der Waals surface area (Å²) in [5.41, 5.74) is 14.3. The van der Waals surface area contributed by atoms with E-state index in [0.717, 1.165) is 11.4 Å². The lowest BCUT2D eigenvalue weighted by Crippen LogP contribution is -1.94.